The predicted octanol–water partition coefficient (Wildman–Crippen LogP) is 5.77. The standard InChI is InChI=1S/C30H36F2N4O3S/c1-30(2,3)12-15-35-27(38)25(40-28(35)22-9-8-20(31)16-23(22)32)17-26(37)34-13-10-21(11-14-34)36-18-19-6-4-5-7-24(19)33-29(36)39/h4-9,16,21,25,28H,10-15,17-18H2,1-3H3,(H,33,39). The van der Waals surface area contributed by atoms with Crippen LogP contribution in [0.25, 0.3) is 0 Å². The van der Waals surface area contributed by atoms with E-state index in [2.05, 4.69) is 26.1 Å². The molecule has 40 heavy (non-hydrogen) atoms. The van der Waals surface area contributed by atoms with E-state index in [1.165, 1.54) is 23.9 Å². The summed E-state index contributed by atoms with van der Waals surface area (Å²) in [7, 11) is 0. The lowest BCUT2D eigenvalue weighted by molar-refractivity contribution is -0.137. The first-order valence-electron chi connectivity index (χ1n) is 13.8. The van der Waals surface area contributed by atoms with Crippen LogP contribution in [0.5, 0.6) is 0 Å². The van der Waals surface area contributed by atoms with Crippen molar-refractivity contribution in [3.05, 3.63) is 65.2 Å². The Kier molecular flexibility index (Phi) is 8.08. The monoisotopic (exact) mass is 570 g/mol. The number of urea groups is 1. The molecule has 3 aliphatic heterocycles. The molecule has 0 radical (unpaired) electrons. The maximum absolute atomic E-state index is 14.8. The lowest BCUT2D eigenvalue weighted by Crippen LogP contribution is -2.51. The van der Waals surface area contributed by atoms with Gasteiger partial charge in [-0.25, -0.2) is 13.6 Å². The van der Waals surface area contributed by atoms with Crippen LogP contribution < -0.4 is 5.32 Å². The summed E-state index contributed by atoms with van der Waals surface area (Å²) in [4.78, 5) is 44.8. The van der Waals surface area contributed by atoms with Crippen LogP contribution in [0.3, 0.4) is 0 Å². The van der Waals surface area contributed by atoms with Crippen LogP contribution in [0, 0.1) is 17.0 Å². The molecule has 0 aliphatic carbocycles. The minimum atomic E-state index is -0.690. The Labute approximate surface area is 238 Å². The Balaban J connectivity index is 1.22. The quantitative estimate of drug-likeness (QED) is 0.479. The average Bonchev–Trinajstić information content (AvgIpc) is 3.21. The highest BCUT2D eigenvalue weighted by molar-refractivity contribution is 8.01. The summed E-state index contributed by atoms with van der Waals surface area (Å²) in [5.41, 5.74) is 2.12. The number of carbonyl (C=O) groups excluding carboxylic acids is 3. The van der Waals surface area contributed by atoms with Crippen molar-refractivity contribution in [2.45, 2.75) is 69.7 Å². The number of anilines is 1. The van der Waals surface area contributed by atoms with Crippen LogP contribution in [0.4, 0.5) is 19.3 Å². The van der Waals surface area contributed by atoms with Gasteiger partial charge in [-0.2, -0.15) is 0 Å². The van der Waals surface area contributed by atoms with Gasteiger partial charge in [0.05, 0.1) is 5.25 Å². The van der Waals surface area contributed by atoms with Crippen LogP contribution in [0.2, 0.25) is 0 Å². The van der Waals surface area contributed by atoms with Crippen molar-refractivity contribution in [2.75, 3.05) is 25.0 Å². The first kappa shape index (κ1) is 28.4. The number of hydrogen-bond donors (Lipinski definition) is 1. The number of likely N-dealkylation sites (tertiary alicyclic amines) is 1. The Hall–Kier alpha value is -3.14. The van der Waals surface area contributed by atoms with Crippen LogP contribution in [0.15, 0.2) is 42.5 Å². The number of rotatable bonds is 6. The summed E-state index contributed by atoms with van der Waals surface area (Å²) in [5.74, 6) is -1.66. The zero-order valence-corrected chi connectivity index (χ0v) is 24.0. The number of piperidine rings is 1. The number of nitrogens with one attached hydrogen (secondary N) is 1. The van der Waals surface area contributed by atoms with Gasteiger partial charge in [0.2, 0.25) is 11.8 Å². The topological polar surface area (TPSA) is 73.0 Å². The van der Waals surface area contributed by atoms with Crippen LogP contribution in [-0.2, 0) is 16.1 Å². The molecule has 5 rings (SSSR count). The van der Waals surface area contributed by atoms with E-state index in [-0.39, 0.29) is 41.3 Å². The third kappa shape index (κ3) is 6.11. The maximum Gasteiger partial charge on any atom is 0.322 e. The number of benzene rings is 2. The Morgan fingerprint density at radius 1 is 1.07 bits per heavy atom. The number of amides is 4. The molecule has 3 aliphatic rings. The van der Waals surface area contributed by atoms with Gasteiger partial charge >= 0.3 is 6.03 Å². The molecule has 2 atom stereocenters. The Morgan fingerprint density at radius 3 is 2.50 bits per heavy atom. The van der Waals surface area contributed by atoms with Crippen molar-refractivity contribution < 1.29 is 23.2 Å². The summed E-state index contributed by atoms with van der Waals surface area (Å²) in [6, 6.07) is 11.1. The summed E-state index contributed by atoms with van der Waals surface area (Å²) in [6.07, 6.45) is 2.06. The first-order valence-corrected chi connectivity index (χ1v) is 14.8. The van der Waals surface area contributed by atoms with Crippen LogP contribution >= 0.6 is 11.8 Å². The number of carbonyl (C=O) groups is 3. The Morgan fingerprint density at radius 2 is 1.80 bits per heavy atom. The lowest BCUT2D eigenvalue weighted by Gasteiger charge is -2.40. The van der Waals surface area contributed by atoms with E-state index in [1.807, 2.05) is 29.2 Å². The molecule has 1 N–H and O–H groups in total. The van der Waals surface area contributed by atoms with Gasteiger partial charge in [0.25, 0.3) is 0 Å². The third-order valence-electron chi connectivity index (χ3n) is 7.94. The van der Waals surface area contributed by atoms with Gasteiger partial charge < -0.3 is 20.0 Å². The molecule has 2 saturated heterocycles. The highest BCUT2D eigenvalue weighted by Crippen LogP contribution is 2.46. The van der Waals surface area contributed by atoms with Crippen molar-refractivity contribution in [1.29, 1.82) is 0 Å². The zero-order valence-electron chi connectivity index (χ0n) is 23.2. The van der Waals surface area contributed by atoms with Gasteiger partial charge in [0, 0.05) is 56.0 Å². The SMILES string of the molecule is CC(C)(C)CCN1C(=O)C(CC(=O)N2CCC(N3Cc4ccccc4NC3=O)CC2)SC1c1ccc(F)cc1F. The zero-order chi connectivity index (χ0) is 28.6. The fourth-order valence-corrected chi connectivity index (χ4v) is 7.08. The number of fused-ring (bicyclic) bond motifs is 1. The normalized spacial score (nSPS) is 22.0. The second-order valence-electron chi connectivity index (χ2n) is 12.0. The molecule has 0 saturated carbocycles. The highest BCUT2D eigenvalue weighted by atomic mass is 32.2. The smallest absolute Gasteiger partial charge is 0.322 e. The van der Waals surface area contributed by atoms with E-state index >= 15 is 0 Å². The second-order valence-corrected chi connectivity index (χ2v) is 13.3. The predicted molar refractivity (Wildman–Crippen MR) is 151 cm³/mol. The number of hydrogen-bond acceptors (Lipinski definition) is 4. The first-order chi connectivity index (χ1) is 19.0. The van der Waals surface area contributed by atoms with Crippen LogP contribution in [0.1, 0.15) is 63.0 Å². The molecule has 3 heterocycles. The maximum atomic E-state index is 14.8. The van der Waals surface area contributed by atoms with E-state index in [1.54, 1.807) is 9.80 Å². The fourth-order valence-electron chi connectivity index (χ4n) is 5.58. The minimum absolute atomic E-state index is 0.0249. The van der Waals surface area contributed by atoms with E-state index in [0.29, 0.717) is 45.4 Å². The fraction of sp³-hybridized carbons (Fsp3) is 0.500. The molecule has 4 amide bonds. The number of para-hydroxylation sites is 1. The van der Waals surface area contributed by atoms with Gasteiger partial charge in [-0.3, -0.25) is 9.59 Å². The molecular formula is C30H36F2N4O3S. The molecule has 0 spiro atoms. The molecule has 214 valence electrons. The second kappa shape index (κ2) is 11.4. The molecule has 0 aromatic heterocycles. The number of halogens is 2. The number of thioether (sulfide) groups is 1. The molecule has 2 fully saturated rings. The summed E-state index contributed by atoms with van der Waals surface area (Å²) < 4.78 is 28.4. The third-order valence-corrected chi connectivity index (χ3v) is 9.41. The van der Waals surface area contributed by atoms with Gasteiger partial charge in [-0.1, -0.05) is 45.0 Å². The molecule has 10 heteroatoms. The van der Waals surface area contributed by atoms with Gasteiger partial charge in [-0.05, 0) is 42.4 Å². The molecule has 0 bridgehead atoms. The van der Waals surface area contributed by atoms with E-state index < -0.39 is 22.3 Å². The van der Waals surface area contributed by atoms with Crippen molar-refractivity contribution in [1.82, 2.24) is 14.7 Å². The van der Waals surface area contributed by atoms with Crippen molar-refractivity contribution in [2.24, 2.45) is 5.41 Å². The molecule has 2 aromatic rings. The highest BCUT2D eigenvalue weighted by Gasteiger charge is 2.44. The number of nitrogens with zero attached hydrogens (tertiary/aromatic N) is 3. The van der Waals surface area contributed by atoms with Crippen molar-refractivity contribution >= 4 is 35.3 Å². The van der Waals surface area contributed by atoms with E-state index in [4.69, 9.17) is 0 Å². The summed E-state index contributed by atoms with van der Waals surface area (Å²) >= 11 is 1.27. The van der Waals surface area contributed by atoms with Crippen molar-refractivity contribution in [3.63, 3.8) is 0 Å². The van der Waals surface area contributed by atoms with E-state index in [9.17, 15) is 23.2 Å². The summed E-state index contributed by atoms with van der Waals surface area (Å²) in [6.45, 7) is 8.20. The lowest BCUT2D eigenvalue weighted by atomic mass is 9.92. The van der Waals surface area contributed by atoms with Crippen molar-refractivity contribution in [3.8, 4) is 0 Å². The van der Waals surface area contributed by atoms with Gasteiger partial charge in [0.1, 0.15) is 17.0 Å². The molecule has 7 nitrogen and oxygen atoms in total. The summed E-state index contributed by atoms with van der Waals surface area (Å²) in [5, 5.41) is 1.71. The van der Waals surface area contributed by atoms with Gasteiger partial charge in [0.15, 0.2) is 0 Å². The minimum Gasteiger partial charge on any atom is -0.342 e. The average molecular weight is 571 g/mol. The van der Waals surface area contributed by atoms with Crippen LogP contribution in [-0.4, -0.2) is 63.5 Å². The molecule has 2 aromatic carbocycles. The largest absolute Gasteiger partial charge is 0.342 e. The van der Waals surface area contributed by atoms with Gasteiger partial charge in [-0.15, -0.1) is 11.8 Å². The molecule has 2 unspecified atom stereocenters. The Bertz CT molecular complexity index is 1290. The van der Waals surface area contributed by atoms with E-state index in [0.717, 1.165) is 17.3 Å². The molecular weight excluding hydrogens is 534 g/mol.